The van der Waals surface area contributed by atoms with Crippen LogP contribution >= 0.6 is 23.2 Å². The number of hydrogen-bond donors (Lipinski definition) is 0. The molecule has 2 aliphatic rings. The Hall–Kier alpha value is -0.360. The molecule has 1 saturated carbocycles. The molecular weight excluding hydrogens is 319 g/mol. The van der Waals surface area contributed by atoms with E-state index >= 15 is 0 Å². The molecule has 20 heavy (non-hydrogen) atoms. The molecule has 1 saturated heterocycles. The fourth-order valence-electron chi connectivity index (χ4n) is 3.34. The number of nitrogens with zero attached hydrogens (tertiary/aromatic N) is 2. The van der Waals surface area contributed by atoms with Crippen LogP contribution in [0.25, 0.3) is 0 Å². The van der Waals surface area contributed by atoms with Crippen LogP contribution in [-0.4, -0.2) is 30.3 Å². The Morgan fingerprint density at radius 2 is 1.95 bits per heavy atom. The van der Waals surface area contributed by atoms with Crippen LogP contribution < -0.4 is 0 Å². The highest BCUT2D eigenvalue weighted by Gasteiger charge is 2.42. The lowest BCUT2D eigenvalue weighted by Crippen LogP contribution is -2.39. The Bertz CT molecular complexity index is 621. The minimum Gasteiger partial charge on any atom is -0.242 e. The van der Waals surface area contributed by atoms with Gasteiger partial charge in [0.05, 0.1) is 5.02 Å². The monoisotopic (exact) mass is 334 g/mol. The Morgan fingerprint density at radius 3 is 2.70 bits per heavy atom. The molecule has 0 amide bonds. The van der Waals surface area contributed by atoms with Crippen LogP contribution in [-0.2, 0) is 10.0 Å². The second-order valence-corrected chi connectivity index (χ2v) is 8.12. The first-order chi connectivity index (χ1) is 9.50. The van der Waals surface area contributed by atoms with Crippen LogP contribution in [0.15, 0.2) is 17.2 Å². The van der Waals surface area contributed by atoms with Crippen LogP contribution in [0.2, 0.25) is 10.2 Å². The third kappa shape index (κ3) is 2.45. The predicted octanol–water partition coefficient (Wildman–Crippen LogP) is 3.34. The first-order valence-corrected chi connectivity index (χ1v) is 9.02. The van der Waals surface area contributed by atoms with Gasteiger partial charge >= 0.3 is 0 Å². The van der Waals surface area contributed by atoms with Gasteiger partial charge < -0.3 is 0 Å². The maximum absolute atomic E-state index is 12.7. The maximum atomic E-state index is 12.7. The molecule has 110 valence electrons. The van der Waals surface area contributed by atoms with Crippen molar-refractivity contribution < 1.29 is 8.42 Å². The standard InChI is InChI=1S/C13H16Cl2N2O2S/c14-11-7-10(8-16-13(11)15)20(18,19)17-6-5-9-3-1-2-4-12(9)17/h7-9,12H,1-6H2. The lowest BCUT2D eigenvalue weighted by Gasteiger charge is -2.30. The minimum atomic E-state index is -3.52. The molecule has 7 heteroatoms. The normalized spacial score (nSPS) is 27.5. The summed E-state index contributed by atoms with van der Waals surface area (Å²) in [5, 5.41) is 0.301. The molecule has 2 atom stereocenters. The molecule has 1 aromatic heterocycles. The van der Waals surface area contributed by atoms with Crippen molar-refractivity contribution in [2.24, 2.45) is 5.92 Å². The summed E-state index contributed by atoms with van der Waals surface area (Å²) in [5.41, 5.74) is 0. The largest absolute Gasteiger partial charge is 0.244 e. The lowest BCUT2D eigenvalue weighted by atomic mass is 9.86. The molecule has 2 fully saturated rings. The zero-order valence-electron chi connectivity index (χ0n) is 10.9. The highest BCUT2D eigenvalue weighted by molar-refractivity contribution is 7.89. The molecule has 0 spiro atoms. The van der Waals surface area contributed by atoms with Gasteiger partial charge in [-0.1, -0.05) is 36.0 Å². The van der Waals surface area contributed by atoms with E-state index in [1.54, 1.807) is 4.31 Å². The van der Waals surface area contributed by atoms with Gasteiger partial charge in [0, 0.05) is 18.8 Å². The second-order valence-electron chi connectivity index (χ2n) is 5.46. The number of aromatic nitrogens is 1. The van der Waals surface area contributed by atoms with Gasteiger partial charge in [0.15, 0.2) is 0 Å². The molecule has 2 heterocycles. The Kier molecular flexibility index (Phi) is 3.97. The van der Waals surface area contributed by atoms with Crippen LogP contribution in [0.3, 0.4) is 0 Å². The summed E-state index contributed by atoms with van der Waals surface area (Å²) in [6.45, 7) is 0.595. The summed E-state index contributed by atoms with van der Waals surface area (Å²) in [5.74, 6) is 0.509. The van der Waals surface area contributed by atoms with Crippen LogP contribution in [0.4, 0.5) is 0 Å². The van der Waals surface area contributed by atoms with Crippen LogP contribution in [0.5, 0.6) is 0 Å². The first kappa shape index (κ1) is 14.6. The van der Waals surface area contributed by atoms with Crippen molar-refractivity contribution >= 4 is 33.2 Å². The van der Waals surface area contributed by atoms with Gasteiger partial charge in [-0.3, -0.25) is 0 Å². The number of pyridine rings is 1. The molecular formula is C13H16Cl2N2O2S. The summed E-state index contributed by atoms with van der Waals surface area (Å²) in [6, 6.07) is 1.53. The topological polar surface area (TPSA) is 50.3 Å². The highest BCUT2D eigenvalue weighted by atomic mass is 35.5. The van der Waals surface area contributed by atoms with Crippen molar-refractivity contribution in [3.8, 4) is 0 Å². The molecule has 0 radical (unpaired) electrons. The van der Waals surface area contributed by atoms with Crippen molar-refractivity contribution in [1.29, 1.82) is 0 Å². The Labute approximate surface area is 129 Å². The van der Waals surface area contributed by atoms with Crippen molar-refractivity contribution in [3.63, 3.8) is 0 Å². The van der Waals surface area contributed by atoms with Gasteiger partial charge in [0.25, 0.3) is 0 Å². The van der Waals surface area contributed by atoms with Gasteiger partial charge in [0.2, 0.25) is 10.0 Å². The third-order valence-electron chi connectivity index (χ3n) is 4.34. The molecule has 0 aromatic carbocycles. The van der Waals surface area contributed by atoms with Crippen molar-refractivity contribution in [3.05, 3.63) is 22.4 Å². The van der Waals surface area contributed by atoms with Crippen LogP contribution in [0.1, 0.15) is 32.1 Å². The number of rotatable bonds is 2. The summed E-state index contributed by atoms with van der Waals surface area (Å²) in [7, 11) is -3.52. The number of fused-ring (bicyclic) bond motifs is 1. The van der Waals surface area contributed by atoms with E-state index in [-0.39, 0.29) is 21.1 Å². The maximum Gasteiger partial charge on any atom is 0.244 e. The number of hydrogen-bond acceptors (Lipinski definition) is 3. The SMILES string of the molecule is O=S(=O)(c1cnc(Cl)c(Cl)c1)N1CCC2CCCCC21. The van der Waals surface area contributed by atoms with E-state index in [2.05, 4.69) is 4.98 Å². The van der Waals surface area contributed by atoms with Gasteiger partial charge in [-0.15, -0.1) is 0 Å². The van der Waals surface area contributed by atoms with E-state index < -0.39 is 10.0 Å². The first-order valence-electron chi connectivity index (χ1n) is 6.83. The summed E-state index contributed by atoms with van der Waals surface area (Å²) in [4.78, 5) is 3.99. The van der Waals surface area contributed by atoms with Crippen molar-refractivity contribution in [2.45, 2.75) is 43.0 Å². The van der Waals surface area contributed by atoms with Gasteiger partial charge in [-0.05, 0) is 31.2 Å². The van der Waals surface area contributed by atoms with E-state index in [9.17, 15) is 8.42 Å². The van der Waals surface area contributed by atoms with E-state index in [0.717, 1.165) is 25.7 Å². The minimum absolute atomic E-state index is 0.127. The zero-order valence-corrected chi connectivity index (χ0v) is 13.3. The molecule has 1 aromatic rings. The average Bonchev–Trinajstić information content (AvgIpc) is 2.86. The molecule has 3 rings (SSSR count). The molecule has 2 unspecified atom stereocenters. The van der Waals surface area contributed by atoms with Gasteiger partial charge in [-0.2, -0.15) is 4.31 Å². The van der Waals surface area contributed by atoms with E-state index in [0.29, 0.717) is 12.5 Å². The smallest absolute Gasteiger partial charge is 0.242 e. The van der Waals surface area contributed by atoms with Crippen molar-refractivity contribution in [2.75, 3.05) is 6.54 Å². The molecule has 1 aliphatic carbocycles. The zero-order chi connectivity index (χ0) is 14.3. The summed E-state index contributed by atoms with van der Waals surface area (Å²) >= 11 is 11.6. The molecule has 0 N–H and O–H groups in total. The fourth-order valence-corrected chi connectivity index (χ4v) is 5.38. The Balaban J connectivity index is 1.93. The van der Waals surface area contributed by atoms with Gasteiger partial charge in [-0.25, -0.2) is 13.4 Å². The second kappa shape index (κ2) is 5.44. The summed E-state index contributed by atoms with van der Waals surface area (Å²) in [6.07, 6.45) is 6.66. The number of sulfonamides is 1. The molecule has 4 nitrogen and oxygen atoms in total. The van der Waals surface area contributed by atoms with Gasteiger partial charge in [0.1, 0.15) is 10.0 Å². The summed E-state index contributed by atoms with van der Waals surface area (Å²) < 4.78 is 27.1. The fraction of sp³-hybridized carbons (Fsp3) is 0.615. The third-order valence-corrected chi connectivity index (χ3v) is 6.91. The average molecular weight is 335 g/mol. The highest BCUT2D eigenvalue weighted by Crippen LogP contribution is 2.39. The van der Waals surface area contributed by atoms with E-state index in [1.807, 2.05) is 0 Å². The van der Waals surface area contributed by atoms with Crippen molar-refractivity contribution in [1.82, 2.24) is 9.29 Å². The quantitative estimate of drug-likeness (QED) is 0.779. The Morgan fingerprint density at radius 1 is 1.20 bits per heavy atom. The molecule has 1 aliphatic heterocycles. The van der Waals surface area contributed by atoms with E-state index in [4.69, 9.17) is 23.2 Å². The van der Waals surface area contributed by atoms with Crippen LogP contribution in [0, 0.1) is 5.92 Å². The lowest BCUT2D eigenvalue weighted by molar-refractivity contribution is 0.260. The predicted molar refractivity (Wildman–Crippen MR) is 78.5 cm³/mol. The molecule has 0 bridgehead atoms. The number of halogens is 2. The van der Waals surface area contributed by atoms with E-state index in [1.165, 1.54) is 18.7 Å².